The summed E-state index contributed by atoms with van der Waals surface area (Å²) in [5.41, 5.74) is 1.91. The number of carbonyl (C=O) groups is 1. The Balaban J connectivity index is 1.33. The van der Waals surface area contributed by atoms with Crippen molar-refractivity contribution < 1.29 is 9.53 Å². The van der Waals surface area contributed by atoms with Crippen LogP contribution in [-0.2, 0) is 4.79 Å². The van der Waals surface area contributed by atoms with E-state index in [-0.39, 0.29) is 12.5 Å². The van der Waals surface area contributed by atoms with Gasteiger partial charge in [0.2, 0.25) is 0 Å². The Morgan fingerprint density at radius 1 is 1.04 bits per heavy atom. The van der Waals surface area contributed by atoms with Crippen LogP contribution in [0.1, 0.15) is 12.8 Å². The second kappa shape index (κ2) is 9.78. The molecule has 0 fully saturated rings. The van der Waals surface area contributed by atoms with Gasteiger partial charge in [-0.05, 0) is 49.2 Å². The van der Waals surface area contributed by atoms with Crippen molar-refractivity contribution in [2.45, 2.75) is 12.8 Å². The normalized spacial score (nSPS) is 10.6. The summed E-state index contributed by atoms with van der Waals surface area (Å²) in [6, 6.07) is 17.0. The molecule has 6 heteroatoms. The van der Waals surface area contributed by atoms with E-state index < -0.39 is 0 Å². The molecule has 0 spiro atoms. The number of aromatic nitrogens is 1. The number of benzene rings is 2. The number of anilines is 1. The van der Waals surface area contributed by atoms with E-state index in [1.807, 2.05) is 54.6 Å². The van der Waals surface area contributed by atoms with E-state index in [1.165, 1.54) is 0 Å². The maximum atomic E-state index is 11.8. The van der Waals surface area contributed by atoms with Gasteiger partial charge in [-0.25, -0.2) is 0 Å². The highest BCUT2D eigenvalue weighted by molar-refractivity contribution is 6.31. The topological polar surface area (TPSA) is 63.2 Å². The lowest BCUT2D eigenvalue weighted by molar-refractivity contribution is -0.123. The van der Waals surface area contributed by atoms with E-state index in [4.69, 9.17) is 16.3 Å². The van der Waals surface area contributed by atoms with Crippen LogP contribution >= 0.6 is 11.6 Å². The van der Waals surface area contributed by atoms with Crippen molar-refractivity contribution in [3.63, 3.8) is 0 Å². The molecule has 3 rings (SSSR count). The molecule has 0 aliphatic rings. The summed E-state index contributed by atoms with van der Waals surface area (Å²) in [4.78, 5) is 16.1. The number of carbonyl (C=O) groups excluding carboxylic acids is 1. The van der Waals surface area contributed by atoms with Gasteiger partial charge < -0.3 is 15.4 Å². The Morgan fingerprint density at radius 2 is 1.85 bits per heavy atom. The van der Waals surface area contributed by atoms with Crippen LogP contribution in [0.5, 0.6) is 5.75 Å². The van der Waals surface area contributed by atoms with E-state index in [9.17, 15) is 4.79 Å². The quantitative estimate of drug-likeness (QED) is 0.541. The molecule has 140 valence electrons. The van der Waals surface area contributed by atoms with E-state index in [0.717, 1.165) is 36.0 Å². The van der Waals surface area contributed by atoms with Gasteiger partial charge in [0.15, 0.2) is 6.61 Å². The molecule has 0 aliphatic heterocycles. The number of hydrogen-bond donors (Lipinski definition) is 2. The third kappa shape index (κ3) is 5.86. The first kappa shape index (κ1) is 19.0. The van der Waals surface area contributed by atoms with Crippen LogP contribution in [-0.4, -0.2) is 30.6 Å². The van der Waals surface area contributed by atoms with Crippen LogP contribution in [0, 0.1) is 0 Å². The molecule has 0 bridgehead atoms. The third-order valence-electron chi connectivity index (χ3n) is 4.06. The van der Waals surface area contributed by atoms with E-state index in [1.54, 1.807) is 6.20 Å². The van der Waals surface area contributed by atoms with Crippen LogP contribution in [0.25, 0.3) is 10.9 Å². The van der Waals surface area contributed by atoms with Gasteiger partial charge in [-0.15, -0.1) is 0 Å². The van der Waals surface area contributed by atoms with E-state index >= 15 is 0 Å². The molecular formula is C21H22ClN3O2. The summed E-state index contributed by atoms with van der Waals surface area (Å²) in [6.45, 7) is 1.48. The fraction of sp³-hybridized carbons (Fsp3) is 0.238. The Hall–Kier alpha value is -2.79. The molecule has 1 heterocycles. The predicted octanol–water partition coefficient (Wildman–Crippen LogP) is 4.28. The Bertz CT molecular complexity index is 887. The maximum Gasteiger partial charge on any atom is 0.257 e. The first-order valence-corrected chi connectivity index (χ1v) is 9.33. The highest BCUT2D eigenvalue weighted by Crippen LogP contribution is 2.24. The zero-order valence-electron chi connectivity index (χ0n) is 15.0. The van der Waals surface area contributed by atoms with Gasteiger partial charge in [0, 0.05) is 35.4 Å². The number of nitrogens with zero attached hydrogens (tertiary/aromatic N) is 1. The Kier molecular flexibility index (Phi) is 6.88. The summed E-state index contributed by atoms with van der Waals surface area (Å²) in [6.07, 6.45) is 3.60. The molecule has 1 aromatic heterocycles. The maximum absolute atomic E-state index is 11.8. The van der Waals surface area contributed by atoms with Crippen molar-refractivity contribution in [3.05, 3.63) is 65.8 Å². The van der Waals surface area contributed by atoms with Crippen LogP contribution in [0.2, 0.25) is 5.02 Å². The minimum Gasteiger partial charge on any atom is -0.484 e. The summed E-state index contributed by atoms with van der Waals surface area (Å²) in [7, 11) is 0. The van der Waals surface area contributed by atoms with Gasteiger partial charge >= 0.3 is 0 Å². The molecule has 0 saturated heterocycles. The largest absolute Gasteiger partial charge is 0.484 e. The van der Waals surface area contributed by atoms with Crippen LogP contribution < -0.4 is 15.4 Å². The lowest BCUT2D eigenvalue weighted by atomic mass is 10.2. The van der Waals surface area contributed by atoms with Gasteiger partial charge in [0.1, 0.15) is 5.75 Å². The third-order valence-corrected chi connectivity index (χ3v) is 4.29. The monoisotopic (exact) mass is 383 g/mol. The Labute approximate surface area is 163 Å². The number of hydrogen-bond acceptors (Lipinski definition) is 4. The van der Waals surface area contributed by atoms with E-state index in [2.05, 4.69) is 15.6 Å². The van der Waals surface area contributed by atoms with Crippen molar-refractivity contribution >= 4 is 34.1 Å². The van der Waals surface area contributed by atoms with Crippen molar-refractivity contribution in [2.24, 2.45) is 0 Å². The molecule has 0 radical (unpaired) electrons. The lowest BCUT2D eigenvalue weighted by Crippen LogP contribution is -2.29. The fourth-order valence-electron chi connectivity index (χ4n) is 2.69. The summed E-state index contributed by atoms with van der Waals surface area (Å²) in [5.74, 6) is 0.589. The van der Waals surface area contributed by atoms with Gasteiger partial charge in [-0.1, -0.05) is 29.8 Å². The van der Waals surface area contributed by atoms with Crippen molar-refractivity contribution in [1.82, 2.24) is 10.3 Å². The number of halogens is 1. The molecule has 5 nitrogen and oxygen atoms in total. The van der Waals surface area contributed by atoms with Gasteiger partial charge in [0.05, 0.1) is 5.52 Å². The SMILES string of the molecule is O=C(COc1ccccc1)NCCCCNc1ccnc2cc(Cl)ccc12. The molecule has 2 N–H and O–H groups in total. The average molecular weight is 384 g/mol. The lowest BCUT2D eigenvalue weighted by Gasteiger charge is -2.10. The first-order chi connectivity index (χ1) is 13.2. The fourth-order valence-corrected chi connectivity index (χ4v) is 2.86. The summed E-state index contributed by atoms with van der Waals surface area (Å²) in [5, 5.41) is 8.02. The second-order valence-electron chi connectivity index (χ2n) is 6.11. The highest BCUT2D eigenvalue weighted by Gasteiger charge is 2.03. The summed E-state index contributed by atoms with van der Waals surface area (Å²) >= 11 is 6.01. The minimum atomic E-state index is -0.108. The summed E-state index contributed by atoms with van der Waals surface area (Å²) < 4.78 is 5.41. The van der Waals surface area contributed by atoms with E-state index in [0.29, 0.717) is 17.3 Å². The van der Waals surface area contributed by atoms with Gasteiger partial charge in [-0.2, -0.15) is 0 Å². The number of ether oxygens (including phenoxy) is 1. The second-order valence-corrected chi connectivity index (χ2v) is 6.54. The molecule has 3 aromatic rings. The van der Waals surface area contributed by atoms with Gasteiger partial charge in [0.25, 0.3) is 5.91 Å². The predicted molar refractivity (Wildman–Crippen MR) is 109 cm³/mol. The Morgan fingerprint density at radius 3 is 2.70 bits per heavy atom. The molecule has 0 aliphatic carbocycles. The van der Waals surface area contributed by atoms with Crippen molar-refractivity contribution in [1.29, 1.82) is 0 Å². The number of pyridine rings is 1. The minimum absolute atomic E-state index is 0.0355. The standard InChI is InChI=1S/C21H22ClN3O2/c22-16-8-9-18-19(10-13-24-20(18)14-16)23-11-4-5-12-25-21(26)15-27-17-6-2-1-3-7-17/h1-3,6-10,13-14H,4-5,11-12,15H2,(H,23,24)(H,25,26). The van der Waals surface area contributed by atoms with Crippen LogP contribution in [0.4, 0.5) is 5.69 Å². The zero-order valence-corrected chi connectivity index (χ0v) is 15.7. The molecule has 2 aromatic carbocycles. The molecular weight excluding hydrogens is 362 g/mol. The number of fused-ring (bicyclic) bond motifs is 1. The highest BCUT2D eigenvalue weighted by atomic mass is 35.5. The molecule has 0 atom stereocenters. The average Bonchev–Trinajstić information content (AvgIpc) is 2.69. The molecule has 0 unspecified atom stereocenters. The van der Waals surface area contributed by atoms with Crippen LogP contribution in [0.15, 0.2) is 60.8 Å². The smallest absolute Gasteiger partial charge is 0.257 e. The molecule has 1 amide bonds. The van der Waals surface area contributed by atoms with Crippen molar-refractivity contribution in [3.8, 4) is 5.75 Å². The number of rotatable bonds is 9. The number of unbranched alkanes of at least 4 members (excludes halogenated alkanes) is 1. The number of amides is 1. The number of para-hydroxylation sites is 1. The molecule has 0 saturated carbocycles. The number of nitrogens with one attached hydrogen (secondary N) is 2. The molecule has 27 heavy (non-hydrogen) atoms. The van der Waals surface area contributed by atoms with Crippen molar-refractivity contribution in [2.75, 3.05) is 25.0 Å². The zero-order chi connectivity index (χ0) is 18.9. The first-order valence-electron chi connectivity index (χ1n) is 8.95. The van der Waals surface area contributed by atoms with Crippen LogP contribution in [0.3, 0.4) is 0 Å². The van der Waals surface area contributed by atoms with Gasteiger partial charge in [-0.3, -0.25) is 9.78 Å².